The molecule has 18 heavy (non-hydrogen) atoms. The highest BCUT2D eigenvalue weighted by Crippen LogP contribution is 2.44. The van der Waals surface area contributed by atoms with Crippen LogP contribution in [0.3, 0.4) is 0 Å². The summed E-state index contributed by atoms with van der Waals surface area (Å²) in [5.41, 5.74) is 0. The lowest BCUT2D eigenvalue weighted by Crippen LogP contribution is -2.30. The number of aliphatic hydroxyl groups is 1. The highest BCUT2D eigenvalue weighted by molar-refractivity contribution is 7.45. The van der Waals surface area contributed by atoms with E-state index >= 15 is 0 Å². The van der Waals surface area contributed by atoms with Crippen LogP contribution in [0.2, 0.25) is 0 Å². The third-order valence-electron chi connectivity index (χ3n) is 2.64. The Kier molecular flexibility index (Phi) is 6.31. The van der Waals surface area contributed by atoms with Crippen LogP contribution in [0.1, 0.15) is 26.7 Å². The van der Waals surface area contributed by atoms with Crippen molar-refractivity contribution in [3.63, 3.8) is 0 Å². The fourth-order valence-electron chi connectivity index (χ4n) is 1.83. The zero-order valence-electron chi connectivity index (χ0n) is 10.7. The van der Waals surface area contributed by atoms with E-state index in [1.54, 1.807) is 0 Å². The van der Waals surface area contributed by atoms with Crippen LogP contribution in [0.25, 0.3) is 0 Å². The molecule has 1 N–H and O–H groups in total. The van der Waals surface area contributed by atoms with Crippen molar-refractivity contribution in [1.29, 1.82) is 0 Å². The van der Waals surface area contributed by atoms with Gasteiger partial charge in [0.1, 0.15) is 7.85 Å². The van der Waals surface area contributed by atoms with Crippen molar-refractivity contribution in [3.05, 3.63) is 0 Å². The van der Waals surface area contributed by atoms with Gasteiger partial charge in [-0.3, -0.25) is 4.57 Å². The molecular formula is C10H19BO6P-. The average molecular weight is 277 g/mol. The molecule has 4 unspecified atom stereocenters. The van der Waals surface area contributed by atoms with E-state index in [0.717, 1.165) is 0 Å². The van der Waals surface area contributed by atoms with Gasteiger partial charge in [0.2, 0.25) is 0 Å². The molecule has 2 radical (unpaired) electrons. The molecule has 1 aliphatic rings. The van der Waals surface area contributed by atoms with Gasteiger partial charge in [0.05, 0.1) is 18.8 Å². The van der Waals surface area contributed by atoms with Crippen molar-refractivity contribution in [2.75, 3.05) is 13.2 Å². The van der Waals surface area contributed by atoms with Gasteiger partial charge >= 0.3 is 0 Å². The molecule has 6 nitrogen and oxygen atoms in total. The first kappa shape index (κ1) is 16.2. The maximum Gasteiger partial charge on any atom is 0.268 e. The van der Waals surface area contributed by atoms with Gasteiger partial charge in [-0.15, -0.1) is 0 Å². The molecule has 0 aromatic heterocycles. The minimum atomic E-state index is -4.37. The van der Waals surface area contributed by atoms with Gasteiger partial charge in [0.25, 0.3) is 7.82 Å². The zero-order chi connectivity index (χ0) is 13.8. The number of phosphoric ester groups is 1. The Morgan fingerprint density at radius 2 is 2.28 bits per heavy atom. The predicted molar refractivity (Wildman–Crippen MR) is 64.0 cm³/mol. The van der Waals surface area contributed by atoms with E-state index in [-0.39, 0.29) is 31.7 Å². The summed E-state index contributed by atoms with van der Waals surface area (Å²) in [7, 11) is 1.25. The summed E-state index contributed by atoms with van der Waals surface area (Å²) in [6, 6.07) is -0.514. The Balaban J connectivity index is 2.51. The van der Waals surface area contributed by atoms with Gasteiger partial charge in [-0.25, -0.2) is 0 Å². The SMILES string of the molecule is [B]C1CC(OP(=O)([O-])OCCCO)C(C(C)C)O1. The van der Waals surface area contributed by atoms with E-state index < -0.39 is 19.9 Å². The highest BCUT2D eigenvalue weighted by atomic mass is 31.2. The fourth-order valence-corrected chi connectivity index (χ4v) is 2.79. The number of ether oxygens (including phenoxy) is 1. The molecule has 0 saturated carbocycles. The largest absolute Gasteiger partial charge is 0.756 e. The van der Waals surface area contributed by atoms with Crippen LogP contribution >= 0.6 is 7.82 Å². The molecule has 8 heteroatoms. The average Bonchev–Trinajstić information content (AvgIpc) is 2.58. The molecule has 0 amide bonds. The van der Waals surface area contributed by atoms with Crippen LogP contribution in [-0.2, 0) is 18.3 Å². The molecule has 1 fully saturated rings. The van der Waals surface area contributed by atoms with Gasteiger partial charge in [-0.05, 0) is 18.8 Å². The zero-order valence-corrected chi connectivity index (χ0v) is 11.5. The molecule has 1 saturated heterocycles. The molecule has 0 bridgehead atoms. The maximum absolute atomic E-state index is 11.5. The summed E-state index contributed by atoms with van der Waals surface area (Å²) in [6.07, 6.45) is -0.413. The second-order valence-electron chi connectivity index (χ2n) is 4.62. The van der Waals surface area contributed by atoms with Crippen LogP contribution in [-0.4, -0.2) is 44.4 Å². The number of rotatable bonds is 7. The minimum absolute atomic E-state index is 0.0940. The highest BCUT2D eigenvalue weighted by Gasteiger charge is 2.37. The van der Waals surface area contributed by atoms with Crippen LogP contribution < -0.4 is 4.89 Å². The predicted octanol–water partition coefficient (Wildman–Crippen LogP) is 0.178. The Morgan fingerprint density at radius 1 is 1.61 bits per heavy atom. The summed E-state index contributed by atoms with van der Waals surface area (Å²) in [6.45, 7) is 3.58. The summed E-state index contributed by atoms with van der Waals surface area (Å²) < 4.78 is 26.5. The second kappa shape index (κ2) is 7.03. The fraction of sp³-hybridized carbons (Fsp3) is 1.00. The van der Waals surface area contributed by atoms with E-state index in [4.69, 9.17) is 22.2 Å². The molecule has 1 aliphatic heterocycles. The maximum atomic E-state index is 11.5. The molecule has 0 aromatic rings. The van der Waals surface area contributed by atoms with Crippen molar-refractivity contribution >= 4 is 15.7 Å². The monoisotopic (exact) mass is 277 g/mol. The summed E-state index contributed by atoms with van der Waals surface area (Å²) in [4.78, 5) is 11.5. The summed E-state index contributed by atoms with van der Waals surface area (Å²) in [5, 5.41) is 8.55. The van der Waals surface area contributed by atoms with Gasteiger partial charge < -0.3 is 23.8 Å². The number of hydrogen-bond acceptors (Lipinski definition) is 6. The molecular weight excluding hydrogens is 258 g/mol. The molecule has 104 valence electrons. The van der Waals surface area contributed by atoms with Crippen molar-refractivity contribution < 1.29 is 28.3 Å². The lowest BCUT2D eigenvalue weighted by atomic mass is 9.94. The van der Waals surface area contributed by atoms with E-state index in [2.05, 4.69) is 4.52 Å². The first-order valence-electron chi connectivity index (χ1n) is 6.01. The second-order valence-corrected chi connectivity index (χ2v) is 5.98. The Labute approximate surface area is 109 Å². The molecule has 0 aromatic carbocycles. The number of phosphoric acid groups is 1. The third kappa shape index (κ3) is 5.00. The van der Waals surface area contributed by atoms with E-state index in [0.29, 0.717) is 6.42 Å². The Hall–Kier alpha value is 0.0949. The molecule has 1 rings (SSSR count). The number of aliphatic hydroxyl groups excluding tert-OH is 1. The lowest BCUT2D eigenvalue weighted by molar-refractivity contribution is -0.231. The molecule has 0 spiro atoms. The standard InChI is InChI=1S/C10H20BO6P/c1-7(2)10-8(6-9(11)16-10)17-18(13,14)15-5-3-4-12/h7-10,12H,3-6H2,1-2H3,(H,13,14)/p-1. The van der Waals surface area contributed by atoms with Crippen molar-refractivity contribution in [3.8, 4) is 0 Å². The third-order valence-corrected chi connectivity index (χ3v) is 3.66. The summed E-state index contributed by atoms with van der Waals surface area (Å²) >= 11 is 0. The van der Waals surface area contributed by atoms with E-state index in [1.165, 1.54) is 0 Å². The number of hydrogen-bond donors (Lipinski definition) is 1. The van der Waals surface area contributed by atoms with Crippen LogP contribution in [0, 0.1) is 5.92 Å². The van der Waals surface area contributed by atoms with Gasteiger partial charge in [-0.1, -0.05) is 13.8 Å². The smallest absolute Gasteiger partial charge is 0.268 e. The van der Waals surface area contributed by atoms with Crippen LogP contribution in [0.4, 0.5) is 0 Å². The van der Waals surface area contributed by atoms with Crippen LogP contribution in [0.5, 0.6) is 0 Å². The topological polar surface area (TPSA) is 88.1 Å². The van der Waals surface area contributed by atoms with Gasteiger partial charge in [0.15, 0.2) is 0 Å². The molecule has 0 aliphatic carbocycles. The van der Waals surface area contributed by atoms with Gasteiger partial charge in [0, 0.05) is 12.6 Å². The molecule has 1 heterocycles. The molecule has 4 atom stereocenters. The minimum Gasteiger partial charge on any atom is -0.756 e. The normalized spacial score (nSPS) is 31.7. The Morgan fingerprint density at radius 3 is 2.83 bits per heavy atom. The van der Waals surface area contributed by atoms with Crippen molar-refractivity contribution in [1.82, 2.24) is 0 Å². The Bertz CT molecular complexity index is 300. The quantitative estimate of drug-likeness (QED) is 0.405. The van der Waals surface area contributed by atoms with Crippen molar-refractivity contribution in [2.24, 2.45) is 5.92 Å². The van der Waals surface area contributed by atoms with Gasteiger partial charge in [-0.2, -0.15) is 0 Å². The lowest BCUT2D eigenvalue weighted by Gasteiger charge is -2.29. The van der Waals surface area contributed by atoms with E-state index in [1.807, 2.05) is 13.8 Å². The van der Waals surface area contributed by atoms with E-state index in [9.17, 15) is 9.46 Å². The van der Waals surface area contributed by atoms with Crippen molar-refractivity contribution in [2.45, 2.75) is 44.9 Å². The first-order valence-corrected chi connectivity index (χ1v) is 7.47. The summed E-state index contributed by atoms with van der Waals surface area (Å²) in [5.74, 6) is 0.0981. The first-order chi connectivity index (χ1) is 8.35. The van der Waals surface area contributed by atoms with Crippen LogP contribution in [0.15, 0.2) is 0 Å².